The number of aryl methyl sites for hydroxylation is 1. The number of benzene rings is 2. The van der Waals surface area contributed by atoms with Gasteiger partial charge in [-0.3, -0.25) is 52.8 Å². The van der Waals surface area contributed by atoms with Crippen LogP contribution in [0.3, 0.4) is 0 Å². The van der Waals surface area contributed by atoms with Crippen molar-refractivity contribution in [1.82, 2.24) is 51.7 Å². The summed E-state index contributed by atoms with van der Waals surface area (Å²) in [5.74, 6) is -5.38. The van der Waals surface area contributed by atoms with E-state index in [1.165, 1.54) is 15.5 Å². The molecule has 0 radical (unpaired) electrons. The molecule has 3 aliphatic heterocycles. The molecule has 10 rings (SSSR count). The lowest BCUT2D eigenvalue weighted by Gasteiger charge is -2.31. The number of likely N-dealkylation sites (tertiary alicyclic amines) is 1. The average Bonchev–Trinajstić information content (AvgIpc) is 1.58. The van der Waals surface area contributed by atoms with Gasteiger partial charge in [-0.25, -0.2) is 14.2 Å². The molecule has 2 aromatic carbocycles. The summed E-state index contributed by atoms with van der Waals surface area (Å²) in [6.07, 6.45) is 4.81. The molecule has 0 spiro atoms. The second-order valence-corrected chi connectivity index (χ2v) is 28.2. The zero-order chi connectivity index (χ0) is 78.9. The van der Waals surface area contributed by atoms with Crippen LogP contribution in [0, 0.1) is 30.5 Å². The molecule has 4 aromatic rings. The largest absolute Gasteiger partial charge is 0.458 e. The summed E-state index contributed by atoms with van der Waals surface area (Å²) >= 11 is 0. The van der Waals surface area contributed by atoms with Crippen molar-refractivity contribution in [2.24, 2.45) is 17.8 Å². The fraction of sp³-hybridized carbons (Fsp3) is 0.610. The van der Waals surface area contributed by atoms with Gasteiger partial charge in [0.2, 0.25) is 47.3 Å². The van der Waals surface area contributed by atoms with Crippen molar-refractivity contribution in [2.45, 2.75) is 128 Å². The molecule has 9 amide bonds. The number of ether oxygens (including phenoxy) is 11. The molecule has 606 valence electrons. The third-order valence-electron chi connectivity index (χ3n) is 20.6. The van der Waals surface area contributed by atoms with Crippen molar-refractivity contribution in [3.05, 3.63) is 97.6 Å². The molecule has 5 heterocycles. The first-order valence-corrected chi connectivity index (χ1v) is 38.2. The Morgan fingerprint density at radius 1 is 0.676 bits per heavy atom. The third-order valence-corrected chi connectivity index (χ3v) is 20.6. The van der Waals surface area contributed by atoms with Crippen LogP contribution in [0.4, 0.5) is 4.39 Å². The van der Waals surface area contributed by atoms with Gasteiger partial charge in [0.05, 0.1) is 167 Å². The van der Waals surface area contributed by atoms with E-state index in [0.29, 0.717) is 182 Å². The normalized spacial score (nSPS) is 19.5. The molecule has 0 bridgehead atoms. The number of nitrogens with zero attached hydrogens (tertiary/aromatic N) is 3. The van der Waals surface area contributed by atoms with Gasteiger partial charge in [0.1, 0.15) is 37.4 Å². The Kier molecular flexibility index (Phi) is 31.7. The van der Waals surface area contributed by atoms with E-state index >= 15 is 4.39 Å². The van der Waals surface area contributed by atoms with E-state index in [9.17, 15) is 57.8 Å². The van der Waals surface area contributed by atoms with Gasteiger partial charge in [0, 0.05) is 60.3 Å². The number of nitrogens with one attached hydrogen (secondary N) is 7. The standard InChI is InChI=1S/C77H103FN10O23/c1-4-77(100)56-38-61-69-54(44-87(61)73(97)55(56)45-110-75(77)99)68-58(15-14-53-49(3)57(78)39-59(85-69)67(53)68)86-74(98)76(16-17-76)111-47-83-63(90)41-82-71(95)60(37-50-8-6-5-7-9-50)84-64(91)42-80-62(89)40-81-65(92)46-109-35-34-108-33-32-107-31-30-106-29-28-105-27-26-104-25-24-103-23-22-102-21-20-101-19-18-79-70(94)52-12-10-51(11-13-52)43-88-66(93)36-48(2)72(88)96/h5-9,38-39,48,51-52,58,60,100H,4,10-37,40-47H2,1-3H3,(H,79,94)(H,80,89)(H,81,92)(H,82,95)(H,83,90)(H,84,91)(H,86,98)/t48?,51?,52?,58-,60-,77-/m0/s1. The van der Waals surface area contributed by atoms with Crippen LogP contribution in [0.15, 0.2) is 47.3 Å². The van der Waals surface area contributed by atoms with Crippen LogP contribution < -0.4 is 42.8 Å². The lowest BCUT2D eigenvalue weighted by molar-refractivity contribution is -0.172. The van der Waals surface area contributed by atoms with Gasteiger partial charge in [-0.15, -0.1) is 0 Å². The molecule has 1 saturated heterocycles. The van der Waals surface area contributed by atoms with Gasteiger partial charge in [-0.1, -0.05) is 44.2 Å². The van der Waals surface area contributed by atoms with Crippen LogP contribution in [0.1, 0.15) is 117 Å². The molecular formula is C77H103FN10O23. The van der Waals surface area contributed by atoms with Crippen molar-refractivity contribution in [3.8, 4) is 11.4 Å². The third kappa shape index (κ3) is 23.2. The van der Waals surface area contributed by atoms with Gasteiger partial charge >= 0.3 is 5.97 Å². The summed E-state index contributed by atoms with van der Waals surface area (Å²) in [7, 11) is 0. The first-order chi connectivity index (χ1) is 53.7. The molecule has 6 aliphatic rings. The van der Waals surface area contributed by atoms with Crippen LogP contribution in [0.2, 0.25) is 0 Å². The van der Waals surface area contributed by atoms with Crippen LogP contribution in [0.5, 0.6) is 0 Å². The number of hydrogen-bond acceptors (Lipinski definition) is 24. The minimum absolute atomic E-state index is 0.0169. The summed E-state index contributed by atoms with van der Waals surface area (Å²) in [6.45, 7) is 9.37. The Hall–Kier alpha value is -8.81. The summed E-state index contributed by atoms with van der Waals surface area (Å²) in [5, 5.41) is 30.7. The van der Waals surface area contributed by atoms with E-state index in [0.717, 1.165) is 31.2 Å². The Labute approximate surface area is 641 Å². The van der Waals surface area contributed by atoms with Crippen molar-refractivity contribution in [3.63, 3.8) is 0 Å². The number of aromatic nitrogens is 2. The molecule has 2 saturated carbocycles. The molecule has 3 fully saturated rings. The van der Waals surface area contributed by atoms with E-state index in [4.69, 9.17) is 57.1 Å². The number of pyridine rings is 2. The highest BCUT2D eigenvalue weighted by Crippen LogP contribution is 2.47. The quantitative estimate of drug-likeness (QED) is 0.0116. The summed E-state index contributed by atoms with van der Waals surface area (Å²) in [4.78, 5) is 149. The molecule has 33 nitrogen and oxygen atoms in total. The average molecular weight is 1560 g/mol. The van der Waals surface area contributed by atoms with E-state index in [1.54, 1.807) is 57.2 Å². The van der Waals surface area contributed by atoms with Crippen LogP contribution in [-0.4, -0.2) is 249 Å². The minimum Gasteiger partial charge on any atom is -0.458 e. The Morgan fingerprint density at radius 2 is 1.25 bits per heavy atom. The Morgan fingerprint density at radius 3 is 1.85 bits per heavy atom. The van der Waals surface area contributed by atoms with Gasteiger partial charge < -0.3 is 99.0 Å². The topological polar surface area (TPSA) is 415 Å². The van der Waals surface area contributed by atoms with Crippen LogP contribution in [0.25, 0.3) is 22.3 Å². The molecule has 4 atom stereocenters. The number of rotatable bonds is 48. The number of fused-ring (bicyclic) bond motifs is 5. The van der Waals surface area contributed by atoms with E-state index in [1.807, 2.05) is 0 Å². The summed E-state index contributed by atoms with van der Waals surface area (Å²) in [5.41, 5.74) is 0.557. The number of aliphatic hydroxyl groups is 1. The lowest BCUT2D eigenvalue weighted by atomic mass is 9.81. The van der Waals surface area contributed by atoms with Crippen molar-refractivity contribution in [1.29, 1.82) is 0 Å². The van der Waals surface area contributed by atoms with Crippen molar-refractivity contribution in [2.75, 3.05) is 158 Å². The number of hydrogen-bond donors (Lipinski definition) is 8. The number of amides is 9. The highest BCUT2D eigenvalue weighted by molar-refractivity contribution is 6.03. The predicted molar refractivity (Wildman–Crippen MR) is 392 cm³/mol. The number of halogens is 1. The maximum absolute atomic E-state index is 15.5. The monoisotopic (exact) mass is 1550 g/mol. The maximum Gasteiger partial charge on any atom is 0.343 e. The van der Waals surface area contributed by atoms with Crippen LogP contribution in [-0.2, 0) is 132 Å². The second-order valence-electron chi connectivity index (χ2n) is 28.2. The number of imide groups is 1. The van der Waals surface area contributed by atoms with E-state index < -0.39 is 102 Å². The first kappa shape index (κ1) is 84.6. The zero-order valence-electron chi connectivity index (χ0n) is 63.2. The molecule has 1 unspecified atom stereocenters. The molecular weight excluding hydrogens is 1450 g/mol. The van der Waals surface area contributed by atoms with E-state index in [-0.39, 0.29) is 99.0 Å². The van der Waals surface area contributed by atoms with Gasteiger partial charge in [-0.2, -0.15) is 0 Å². The van der Waals surface area contributed by atoms with E-state index in [2.05, 4.69) is 37.2 Å². The highest BCUT2D eigenvalue weighted by atomic mass is 19.1. The molecule has 34 heteroatoms. The number of carbonyl (C=O) groups excluding carboxylic acids is 10. The summed E-state index contributed by atoms with van der Waals surface area (Å²) in [6, 6.07) is 9.86. The molecule has 3 aliphatic carbocycles. The van der Waals surface area contributed by atoms with Crippen molar-refractivity contribution >= 4 is 70.0 Å². The summed E-state index contributed by atoms with van der Waals surface area (Å²) < 4.78 is 77.8. The molecule has 2 aromatic heterocycles. The fourth-order valence-corrected chi connectivity index (χ4v) is 14.1. The highest BCUT2D eigenvalue weighted by Gasteiger charge is 2.53. The molecule has 111 heavy (non-hydrogen) atoms. The lowest BCUT2D eigenvalue weighted by Crippen LogP contribution is -2.52. The van der Waals surface area contributed by atoms with Gasteiger partial charge in [0.25, 0.3) is 11.5 Å². The maximum atomic E-state index is 15.5. The minimum atomic E-state index is -2.06. The zero-order valence-corrected chi connectivity index (χ0v) is 63.2. The fourth-order valence-electron chi connectivity index (χ4n) is 14.1. The van der Waals surface area contributed by atoms with Crippen molar-refractivity contribution < 1.29 is 110 Å². The number of esters is 1. The number of carbonyl (C=O) groups is 10. The Bertz CT molecular complexity index is 4000. The first-order valence-electron chi connectivity index (χ1n) is 38.2. The predicted octanol–water partition coefficient (Wildman–Crippen LogP) is 0.797. The smallest absolute Gasteiger partial charge is 0.343 e. The van der Waals surface area contributed by atoms with Gasteiger partial charge in [0.15, 0.2) is 5.60 Å². The van der Waals surface area contributed by atoms with Gasteiger partial charge in [-0.05, 0) is 98.9 Å². The number of cyclic esters (lactones) is 1. The Balaban J connectivity index is 0.507. The molecule has 8 N–H and O–H groups in total. The second kappa shape index (κ2) is 41.6. The van der Waals surface area contributed by atoms with Crippen LogP contribution >= 0.6 is 0 Å². The SMILES string of the molecule is CC[C@@]1(O)C(=O)OCc2c1cc1n(c2=O)Cc2c-1nc1cc(F)c(C)c3c1c2[C@@H](NC(=O)C1(OCNC(=O)CNC(=O)[C@H](Cc2ccccc2)NC(=O)CNC(=O)CNC(=O)COCCOCCOCCOCCOCCOCCOCCOCCOCCNC(=O)C2CCC(CN4C(=O)CC(C)C4=O)CC2)CC1)CC3.